The first-order valence-corrected chi connectivity index (χ1v) is 7.00. The summed E-state index contributed by atoms with van der Waals surface area (Å²) in [6.45, 7) is 0.630. The molecule has 0 unspecified atom stereocenters. The molecule has 3 N–H and O–H groups in total. The molecule has 100 valence electrons. The Kier molecular flexibility index (Phi) is 5.76. The van der Waals surface area contributed by atoms with Crippen molar-refractivity contribution in [3.05, 3.63) is 30.3 Å². The topological polar surface area (TPSA) is 87.3 Å². The molecule has 0 heterocycles. The minimum absolute atomic E-state index is 0.159. The van der Waals surface area contributed by atoms with Gasteiger partial charge in [-0.3, -0.25) is 4.79 Å². The zero-order chi connectivity index (χ0) is 13.4. The van der Waals surface area contributed by atoms with Crippen LogP contribution in [0.3, 0.4) is 0 Å². The van der Waals surface area contributed by atoms with E-state index in [1.165, 1.54) is 12.1 Å². The molecule has 6 nitrogen and oxygen atoms in total. The number of carbonyl (C=O) groups excluding carboxylic acids is 1. The Hall–Kier alpha value is -1.44. The van der Waals surface area contributed by atoms with Gasteiger partial charge in [-0.15, -0.1) is 0 Å². The minimum atomic E-state index is -3.49. The second-order valence-electron chi connectivity index (χ2n) is 3.59. The fourth-order valence-electron chi connectivity index (χ4n) is 1.29. The van der Waals surface area contributed by atoms with E-state index >= 15 is 0 Å². The van der Waals surface area contributed by atoms with Crippen molar-refractivity contribution in [2.45, 2.75) is 4.90 Å². The van der Waals surface area contributed by atoms with Crippen LogP contribution in [0, 0.1) is 0 Å². The highest BCUT2D eigenvalue weighted by Gasteiger charge is 2.11. The standard InChI is InChI=1S/C11H17N3O3S/c1-12-9-11(15)13-7-8-14-18(16,17)10-5-3-2-4-6-10/h2-6,12,14H,7-9H2,1H3,(H,13,15). The maximum Gasteiger partial charge on any atom is 0.240 e. The highest BCUT2D eigenvalue weighted by atomic mass is 32.2. The molecule has 1 aromatic rings. The Morgan fingerprint density at radius 1 is 1.17 bits per heavy atom. The molecule has 0 saturated carbocycles. The van der Waals surface area contributed by atoms with E-state index in [1.54, 1.807) is 25.2 Å². The van der Waals surface area contributed by atoms with Gasteiger partial charge in [0.2, 0.25) is 15.9 Å². The normalized spacial score (nSPS) is 11.2. The zero-order valence-corrected chi connectivity index (χ0v) is 11.0. The monoisotopic (exact) mass is 271 g/mol. The van der Waals surface area contributed by atoms with E-state index in [9.17, 15) is 13.2 Å². The largest absolute Gasteiger partial charge is 0.354 e. The maximum atomic E-state index is 11.8. The summed E-state index contributed by atoms with van der Waals surface area (Å²) in [7, 11) is -1.82. The fraction of sp³-hybridized carbons (Fsp3) is 0.364. The number of carbonyl (C=O) groups is 1. The van der Waals surface area contributed by atoms with E-state index in [2.05, 4.69) is 15.4 Å². The Morgan fingerprint density at radius 2 is 1.83 bits per heavy atom. The summed E-state index contributed by atoms with van der Waals surface area (Å²) in [5.74, 6) is -0.170. The Labute approximate surface area is 107 Å². The van der Waals surface area contributed by atoms with Gasteiger partial charge in [-0.2, -0.15) is 0 Å². The van der Waals surface area contributed by atoms with Crippen molar-refractivity contribution in [3.8, 4) is 0 Å². The number of nitrogens with one attached hydrogen (secondary N) is 3. The van der Waals surface area contributed by atoms with Crippen LogP contribution in [0.25, 0.3) is 0 Å². The van der Waals surface area contributed by atoms with Gasteiger partial charge in [-0.25, -0.2) is 13.1 Å². The molecule has 1 rings (SSSR count). The molecule has 0 saturated heterocycles. The van der Waals surface area contributed by atoms with Gasteiger partial charge in [-0.1, -0.05) is 18.2 Å². The van der Waals surface area contributed by atoms with Gasteiger partial charge >= 0.3 is 0 Å². The number of likely N-dealkylation sites (N-methyl/N-ethyl adjacent to an activating group) is 1. The first kappa shape index (κ1) is 14.6. The van der Waals surface area contributed by atoms with Crippen LogP contribution in [0.15, 0.2) is 35.2 Å². The van der Waals surface area contributed by atoms with E-state index in [-0.39, 0.29) is 30.4 Å². The molecule has 0 spiro atoms. The van der Waals surface area contributed by atoms with Gasteiger partial charge in [0.1, 0.15) is 0 Å². The lowest BCUT2D eigenvalue weighted by Gasteiger charge is -2.07. The van der Waals surface area contributed by atoms with Gasteiger partial charge in [-0.05, 0) is 19.2 Å². The molecule has 1 aromatic carbocycles. The number of benzene rings is 1. The van der Waals surface area contributed by atoms with Crippen molar-refractivity contribution < 1.29 is 13.2 Å². The lowest BCUT2D eigenvalue weighted by atomic mass is 10.4. The molecular weight excluding hydrogens is 254 g/mol. The van der Waals surface area contributed by atoms with Crippen molar-refractivity contribution in [3.63, 3.8) is 0 Å². The van der Waals surface area contributed by atoms with E-state index in [4.69, 9.17) is 0 Å². The van der Waals surface area contributed by atoms with Crippen LogP contribution in [0.4, 0.5) is 0 Å². The number of rotatable bonds is 7. The molecule has 0 aliphatic heterocycles. The van der Waals surface area contributed by atoms with Gasteiger partial charge in [0.05, 0.1) is 11.4 Å². The molecule has 0 aliphatic rings. The molecule has 0 aromatic heterocycles. The summed E-state index contributed by atoms with van der Waals surface area (Å²) in [5.41, 5.74) is 0. The first-order chi connectivity index (χ1) is 8.56. The van der Waals surface area contributed by atoms with E-state index in [0.29, 0.717) is 0 Å². The molecule has 0 aliphatic carbocycles. The molecule has 1 amide bonds. The predicted molar refractivity (Wildman–Crippen MR) is 68.6 cm³/mol. The zero-order valence-electron chi connectivity index (χ0n) is 10.1. The summed E-state index contributed by atoms with van der Waals surface area (Å²) in [5, 5.41) is 5.28. The third-order valence-corrected chi connectivity index (χ3v) is 3.61. The minimum Gasteiger partial charge on any atom is -0.354 e. The summed E-state index contributed by atoms with van der Waals surface area (Å²) in [6, 6.07) is 8.09. The van der Waals surface area contributed by atoms with E-state index in [0.717, 1.165) is 0 Å². The van der Waals surface area contributed by atoms with Crippen LogP contribution < -0.4 is 15.4 Å². The molecular formula is C11H17N3O3S. The molecule has 7 heteroatoms. The Morgan fingerprint density at radius 3 is 2.44 bits per heavy atom. The van der Waals surface area contributed by atoms with Crippen molar-refractivity contribution in [1.29, 1.82) is 0 Å². The summed E-state index contributed by atoms with van der Waals surface area (Å²) >= 11 is 0. The lowest BCUT2D eigenvalue weighted by molar-refractivity contribution is -0.120. The van der Waals surface area contributed by atoms with E-state index < -0.39 is 10.0 Å². The second kappa shape index (κ2) is 7.10. The van der Waals surface area contributed by atoms with Crippen molar-refractivity contribution in [2.75, 3.05) is 26.7 Å². The van der Waals surface area contributed by atoms with Crippen LogP contribution in [-0.2, 0) is 14.8 Å². The van der Waals surface area contributed by atoms with Crippen LogP contribution >= 0.6 is 0 Å². The fourth-order valence-corrected chi connectivity index (χ4v) is 2.35. The predicted octanol–water partition coefficient (Wildman–Crippen LogP) is -0.699. The van der Waals surface area contributed by atoms with Gasteiger partial charge in [0.25, 0.3) is 0 Å². The van der Waals surface area contributed by atoms with Crippen molar-refractivity contribution in [2.24, 2.45) is 0 Å². The van der Waals surface area contributed by atoms with Gasteiger partial charge < -0.3 is 10.6 Å². The maximum absolute atomic E-state index is 11.8. The number of sulfonamides is 1. The smallest absolute Gasteiger partial charge is 0.240 e. The van der Waals surface area contributed by atoms with Crippen LogP contribution in [-0.4, -0.2) is 41.0 Å². The van der Waals surface area contributed by atoms with Gasteiger partial charge in [0.15, 0.2) is 0 Å². The highest BCUT2D eigenvalue weighted by molar-refractivity contribution is 7.89. The van der Waals surface area contributed by atoms with E-state index in [1.807, 2.05) is 0 Å². The molecule has 0 radical (unpaired) electrons. The van der Waals surface area contributed by atoms with Crippen molar-refractivity contribution >= 4 is 15.9 Å². The summed E-state index contributed by atoms with van der Waals surface area (Å²) in [6.07, 6.45) is 0. The Balaban J connectivity index is 2.37. The molecule has 0 fully saturated rings. The quantitative estimate of drug-likeness (QED) is 0.572. The summed E-state index contributed by atoms with van der Waals surface area (Å²) in [4.78, 5) is 11.3. The van der Waals surface area contributed by atoms with Crippen LogP contribution in [0.1, 0.15) is 0 Å². The number of hydrogen-bond donors (Lipinski definition) is 3. The molecule has 0 atom stereocenters. The highest BCUT2D eigenvalue weighted by Crippen LogP contribution is 2.06. The van der Waals surface area contributed by atoms with Crippen LogP contribution in [0.2, 0.25) is 0 Å². The van der Waals surface area contributed by atoms with Gasteiger partial charge in [0, 0.05) is 13.1 Å². The lowest BCUT2D eigenvalue weighted by Crippen LogP contribution is -2.38. The average Bonchev–Trinajstić information content (AvgIpc) is 2.36. The molecule has 18 heavy (non-hydrogen) atoms. The third-order valence-electron chi connectivity index (χ3n) is 2.13. The average molecular weight is 271 g/mol. The first-order valence-electron chi connectivity index (χ1n) is 5.52. The third kappa shape index (κ3) is 4.82. The van der Waals surface area contributed by atoms with Crippen molar-refractivity contribution in [1.82, 2.24) is 15.4 Å². The number of amides is 1. The SMILES string of the molecule is CNCC(=O)NCCNS(=O)(=O)c1ccccc1. The van der Waals surface area contributed by atoms with Crippen LogP contribution in [0.5, 0.6) is 0 Å². The second-order valence-corrected chi connectivity index (χ2v) is 5.36. The summed E-state index contributed by atoms with van der Waals surface area (Å²) < 4.78 is 25.9. The number of hydrogen-bond acceptors (Lipinski definition) is 4. The Bertz CT molecular complexity index is 474. The molecule has 0 bridgehead atoms.